The van der Waals surface area contributed by atoms with E-state index in [1.807, 2.05) is 0 Å². The summed E-state index contributed by atoms with van der Waals surface area (Å²) in [7, 11) is 0. The Kier molecular flexibility index (Phi) is 4.40. The standard InChI is InChI=1S/C15H20N4O/c1-2-4-13(5-3-1)6-8-19-9-7-14(11-19)16-10-15-17-12-20-18-15/h1-5,12,14,16H,6-11H2. The molecule has 0 bridgehead atoms. The highest BCUT2D eigenvalue weighted by Gasteiger charge is 2.21. The summed E-state index contributed by atoms with van der Waals surface area (Å²) in [4.78, 5) is 6.53. The van der Waals surface area contributed by atoms with E-state index in [1.165, 1.54) is 18.4 Å². The van der Waals surface area contributed by atoms with Crippen LogP contribution in [0.15, 0.2) is 41.2 Å². The molecule has 2 aromatic rings. The zero-order valence-electron chi connectivity index (χ0n) is 11.5. The Hall–Kier alpha value is -1.72. The summed E-state index contributed by atoms with van der Waals surface area (Å²) in [6, 6.07) is 11.2. The van der Waals surface area contributed by atoms with Crippen LogP contribution >= 0.6 is 0 Å². The van der Waals surface area contributed by atoms with Crippen LogP contribution in [-0.4, -0.2) is 40.7 Å². The van der Waals surface area contributed by atoms with Gasteiger partial charge >= 0.3 is 0 Å². The Balaban J connectivity index is 1.38. The zero-order valence-corrected chi connectivity index (χ0v) is 11.5. The minimum atomic E-state index is 0.532. The van der Waals surface area contributed by atoms with Gasteiger partial charge in [0.1, 0.15) is 0 Å². The monoisotopic (exact) mass is 272 g/mol. The molecule has 3 rings (SSSR count). The van der Waals surface area contributed by atoms with Crippen LogP contribution in [-0.2, 0) is 13.0 Å². The van der Waals surface area contributed by atoms with Crippen LogP contribution in [0, 0.1) is 0 Å². The van der Waals surface area contributed by atoms with Crippen molar-refractivity contribution in [2.75, 3.05) is 19.6 Å². The number of rotatable bonds is 6. The summed E-state index contributed by atoms with van der Waals surface area (Å²) in [5.74, 6) is 0.729. The maximum absolute atomic E-state index is 4.73. The van der Waals surface area contributed by atoms with Gasteiger partial charge in [0, 0.05) is 19.1 Å². The average molecular weight is 272 g/mol. The van der Waals surface area contributed by atoms with Gasteiger partial charge in [0.15, 0.2) is 5.82 Å². The summed E-state index contributed by atoms with van der Waals surface area (Å²) in [6.07, 6.45) is 3.68. The van der Waals surface area contributed by atoms with E-state index >= 15 is 0 Å². The van der Waals surface area contributed by atoms with Crippen molar-refractivity contribution >= 4 is 0 Å². The molecule has 2 heterocycles. The molecule has 5 heteroatoms. The van der Waals surface area contributed by atoms with Crippen LogP contribution in [0.3, 0.4) is 0 Å². The molecule has 1 N–H and O–H groups in total. The third kappa shape index (κ3) is 3.65. The highest BCUT2D eigenvalue weighted by Crippen LogP contribution is 2.11. The van der Waals surface area contributed by atoms with Gasteiger partial charge in [-0.25, -0.2) is 0 Å². The Morgan fingerprint density at radius 3 is 3.00 bits per heavy atom. The summed E-state index contributed by atoms with van der Waals surface area (Å²) < 4.78 is 4.73. The lowest BCUT2D eigenvalue weighted by atomic mass is 10.1. The number of hydrogen-bond acceptors (Lipinski definition) is 5. The molecule has 0 aliphatic carbocycles. The number of nitrogens with one attached hydrogen (secondary N) is 1. The van der Waals surface area contributed by atoms with Crippen molar-refractivity contribution in [2.24, 2.45) is 0 Å². The van der Waals surface area contributed by atoms with Crippen molar-refractivity contribution in [1.82, 2.24) is 20.4 Å². The molecule has 0 saturated carbocycles. The molecule has 1 aliphatic rings. The molecule has 1 aromatic carbocycles. The van der Waals surface area contributed by atoms with Gasteiger partial charge in [-0.2, -0.15) is 4.98 Å². The first-order valence-corrected chi connectivity index (χ1v) is 7.15. The molecule has 1 aliphatic heterocycles. The normalized spacial score (nSPS) is 19.5. The van der Waals surface area contributed by atoms with Crippen LogP contribution < -0.4 is 5.32 Å². The van der Waals surface area contributed by atoms with Crippen molar-refractivity contribution in [1.29, 1.82) is 0 Å². The zero-order chi connectivity index (χ0) is 13.6. The third-order valence-corrected chi connectivity index (χ3v) is 3.79. The summed E-state index contributed by atoms with van der Waals surface area (Å²) in [5.41, 5.74) is 1.41. The second kappa shape index (κ2) is 6.63. The molecule has 1 unspecified atom stereocenters. The molecule has 1 saturated heterocycles. The van der Waals surface area contributed by atoms with Crippen molar-refractivity contribution in [3.8, 4) is 0 Å². The minimum absolute atomic E-state index is 0.532. The predicted octanol–water partition coefficient (Wildman–Crippen LogP) is 1.48. The van der Waals surface area contributed by atoms with Gasteiger partial charge in [0.25, 0.3) is 0 Å². The lowest BCUT2D eigenvalue weighted by Crippen LogP contribution is -2.33. The van der Waals surface area contributed by atoms with Gasteiger partial charge in [-0.3, -0.25) is 0 Å². The molecule has 1 aromatic heterocycles. The maximum atomic E-state index is 4.73. The van der Waals surface area contributed by atoms with Gasteiger partial charge in [-0.15, -0.1) is 0 Å². The second-order valence-electron chi connectivity index (χ2n) is 5.25. The van der Waals surface area contributed by atoms with Gasteiger partial charge < -0.3 is 14.7 Å². The van der Waals surface area contributed by atoms with Crippen molar-refractivity contribution in [2.45, 2.75) is 25.4 Å². The number of benzene rings is 1. The van der Waals surface area contributed by atoms with E-state index in [0.29, 0.717) is 12.6 Å². The van der Waals surface area contributed by atoms with Crippen molar-refractivity contribution < 1.29 is 4.52 Å². The molecule has 1 fully saturated rings. The largest absolute Gasteiger partial charge is 0.343 e. The van der Waals surface area contributed by atoms with E-state index in [9.17, 15) is 0 Å². The maximum Gasteiger partial charge on any atom is 0.213 e. The first-order chi connectivity index (χ1) is 9.90. The van der Waals surface area contributed by atoms with E-state index in [0.717, 1.165) is 31.9 Å². The number of aromatic nitrogens is 2. The van der Waals surface area contributed by atoms with E-state index in [1.54, 1.807) is 0 Å². The highest BCUT2D eigenvalue weighted by molar-refractivity contribution is 5.14. The Labute approximate surface area is 119 Å². The summed E-state index contributed by atoms with van der Waals surface area (Å²) in [6.45, 7) is 4.08. The van der Waals surface area contributed by atoms with E-state index in [2.05, 4.69) is 50.7 Å². The molecule has 20 heavy (non-hydrogen) atoms. The number of nitrogens with zero attached hydrogens (tertiary/aromatic N) is 3. The van der Waals surface area contributed by atoms with Crippen molar-refractivity contribution in [3.63, 3.8) is 0 Å². The Morgan fingerprint density at radius 2 is 2.20 bits per heavy atom. The topological polar surface area (TPSA) is 54.2 Å². The fraction of sp³-hybridized carbons (Fsp3) is 0.467. The SMILES string of the molecule is c1ccc(CCN2CCC(NCc3ncon3)C2)cc1. The lowest BCUT2D eigenvalue weighted by Gasteiger charge is -2.16. The van der Waals surface area contributed by atoms with Gasteiger partial charge in [0.2, 0.25) is 6.39 Å². The molecular formula is C15H20N4O. The Morgan fingerprint density at radius 1 is 1.30 bits per heavy atom. The van der Waals surface area contributed by atoms with E-state index in [4.69, 9.17) is 4.52 Å². The van der Waals surface area contributed by atoms with Crippen LogP contribution in [0.25, 0.3) is 0 Å². The van der Waals surface area contributed by atoms with Gasteiger partial charge in [0.05, 0.1) is 6.54 Å². The quantitative estimate of drug-likeness (QED) is 0.863. The van der Waals surface area contributed by atoms with Crippen LogP contribution in [0.5, 0.6) is 0 Å². The van der Waals surface area contributed by atoms with Crippen LogP contribution in [0.4, 0.5) is 0 Å². The fourth-order valence-electron chi connectivity index (χ4n) is 2.64. The molecular weight excluding hydrogens is 252 g/mol. The van der Waals surface area contributed by atoms with Gasteiger partial charge in [-0.1, -0.05) is 35.5 Å². The molecule has 0 amide bonds. The van der Waals surface area contributed by atoms with Crippen LogP contribution in [0.1, 0.15) is 17.8 Å². The average Bonchev–Trinajstić information content (AvgIpc) is 3.16. The minimum Gasteiger partial charge on any atom is -0.343 e. The fourth-order valence-corrected chi connectivity index (χ4v) is 2.64. The number of likely N-dealkylation sites (tertiary alicyclic amines) is 1. The molecule has 0 spiro atoms. The van der Waals surface area contributed by atoms with Crippen LogP contribution in [0.2, 0.25) is 0 Å². The Bertz CT molecular complexity index is 500. The predicted molar refractivity (Wildman–Crippen MR) is 76.1 cm³/mol. The smallest absolute Gasteiger partial charge is 0.213 e. The molecule has 5 nitrogen and oxygen atoms in total. The number of hydrogen-bond donors (Lipinski definition) is 1. The molecule has 0 radical (unpaired) electrons. The molecule has 106 valence electrons. The highest BCUT2D eigenvalue weighted by atomic mass is 16.5. The summed E-state index contributed by atoms with van der Waals surface area (Å²) in [5, 5.41) is 7.30. The molecule has 1 atom stereocenters. The van der Waals surface area contributed by atoms with E-state index in [-0.39, 0.29) is 0 Å². The third-order valence-electron chi connectivity index (χ3n) is 3.79. The van der Waals surface area contributed by atoms with E-state index < -0.39 is 0 Å². The van der Waals surface area contributed by atoms with Crippen molar-refractivity contribution in [3.05, 3.63) is 48.1 Å². The second-order valence-corrected chi connectivity index (χ2v) is 5.25. The van der Waals surface area contributed by atoms with Gasteiger partial charge in [-0.05, 0) is 24.9 Å². The first-order valence-electron chi connectivity index (χ1n) is 7.15. The lowest BCUT2D eigenvalue weighted by molar-refractivity contribution is 0.330. The summed E-state index contributed by atoms with van der Waals surface area (Å²) >= 11 is 0. The first kappa shape index (κ1) is 13.3.